The minimum absolute atomic E-state index is 0.281. The summed E-state index contributed by atoms with van der Waals surface area (Å²) in [4.78, 5) is 11.9. The van der Waals surface area contributed by atoms with Crippen molar-refractivity contribution in [2.24, 2.45) is 0 Å². The molecule has 0 unspecified atom stereocenters. The van der Waals surface area contributed by atoms with Crippen LogP contribution in [0.15, 0.2) is 36.4 Å². The van der Waals surface area contributed by atoms with Gasteiger partial charge in [0.25, 0.3) is 0 Å². The van der Waals surface area contributed by atoms with E-state index < -0.39 is 0 Å². The first-order valence-corrected chi connectivity index (χ1v) is 6.75. The second-order valence-electron chi connectivity index (χ2n) is 4.86. The van der Waals surface area contributed by atoms with Gasteiger partial charge in [-0.1, -0.05) is 35.4 Å². The zero-order chi connectivity index (χ0) is 14.7. The molecule has 0 spiro atoms. The summed E-state index contributed by atoms with van der Waals surface area (Å²) in [5.74, 6) is 0. The van der Waals surface area contributed by atoms with E-state index in [1.165, 1.54) is 5.56 Å². The molecule has 2 aromatic carbocycles. The van der Waals surface area contributed by atoms with E-state index in [1.807, 2.05) is 51.1 Å². The van der Waals surface area contributed by atoms with Gasteiger partial charge in [-0.2, -0.15) is 0 Å². The Balaban J connectivity index is 2.07. The highest BCUT2D eigenvalue weighted by Crippen LogP contribution is 2.21. The predicted molar refractivity (Wildman–Crippen MR) is 84.7 cm³/mol. The van der Waals surface area contributed by atoms with Crippen molar-refractivity contribution in [2.45, 2.75) is 20.8 Å². The average molecular weight is 289 g/mol. The van der Waals surface area contributed by atoms with Crippen molar-refractivity contribution in [1.29, 1.82) is 0 Å². The monoisotopic (exact) mass is 288 g/mol. The summed E-state index contributed by atoms with van der Waals surface area (Å²) in [5, 5.41) is 6.23. The molecule has 4 heteroatoms. The molecule has 0 bridgehead atoms. The van der Waals surface area contributed by atoms with Crippen molar-refractivity contribution in [3.05, 3.63) is 58.1 Å². The van der Waals surface area contributed by atoms with Gasteiger partial charge in [0.05, 0.1) is 0 Å². The first-order valence-electron chi connectivity index (χ1n) is 6.37. The van der Waals surface area contributed by atoms with Crippen molar-refractivity contribution in [1.82, 2.24) is 0 Å². The Kier molecular flexibility index (Phi) is 4.30. The van der Waals surface area contributed by atoms with Crippen LogP contribution < -0.4 is 10.6 Å². The average Bonchev–Trinajstić information content (AvgIpc) is 2.37. The fourth-order valence-electron chi connectivity index (χ4n) is 1.91. The van der Waals surface area contributed by atoms with E-state index in [-0.39, 0.29) is 6.03 Å². The van der Waals surface area contributed by atoms with E-state index in [0.717, 1.165) is 16.8 Å². The fourth-order valence-corrected chi connectivity index (χ4v) is 2.09. The van der Waals surface area contributed by atoms with Gasteiger partial charge in [0.15, 0.2) is 0 Å². The Labute approximate surface area is 124 Å². The minimum atomic E-state index is -0.281. The van der Waals surface area contributed by atoms with Gasteiger partial charge in [-0.05, 0) is 50.1 Å². The summed E-state index contributed by atoms with van der Waals surface area (Å²) in [6.07, 6.45) is 0. The van der Waals surface area contributed by atoms with Gasteiger partial charge in [0.1, 0.15) is 0 Å². The molecule has 0 aliphatic carbocycles. The number of hydrogen-bond donors (Lipinski definition) is 2. The lowest BCUT2D eigenvalue weighted by atomic mass is 10.1. The normalized spacial score (nSPS) is 10.2. The highest BCUT2D eigenvalue weighted by Gasteiger charge is 2.06. The van der Waals surface area contributed by atoms with Crippen LogP contribution in [0.2, 0.25) is 5.02 Å². The van der Waals surface area contributed by atoms with E-state index in [4.69, 9.17) is 11.6 Å². The maximum Gasteiger partial charge on any atom is 0.323 e. The quantitative estimate of drug-likeness (QED) is 0.810. The number of nitrogens with one attached hydrogen (secondary N) is 2. The lowest BCUT2D eigenvalue weighted by Crippen LogP contribution is -2.20. The van der Waals surface area contributed by atoms with Gasteiger partial charge >= 0.3 is 6.03 Å². The van der Waals surface area contributed by atoms with E-state index in [9.17, 15) is 4.79 Å². The standard InChI is InChI=1S/C16H17ClN2O/c1-10-4-7-15(12(3)8-10)19-16(20)18-13-6-5-11(2)14(17)9-13/h4-9H,1-3H3,(H2,18,19,20). The molecule has 0 aliphatic heterocycles. The van der Waals surface area contributed by atoms with Crippen LogP contribution in [0.4, 0.5) is 16.2 Å². The molecule has 2 N–H and O–H groups in total. The zero-order valence-corrected chi connectivity index (χ0v) is 12.5. The molecule has 0 aromatic heterocycles. The summed E-state index contributed by atoms with van der Waals surface area (Å²) in [6, 6.07) is 11.0. The summed E-state index contributed by atoms with van der Waals surface area (Å²) >= 11 is 6.03. The maximum atomic E-state index is 11.9. The van der Waals surface area contributed by atoms with Crippen molar-refractivity contribution < 1.29 is 4.79 Å². The van der Waals surface area contributed by atoms with Crippen molar-refractivity contribution in [3.63, 3.8) is 0 Å². The van der Waals surface area contributed by atoms with E-state index >= 15 is 0 Å². The number of carbonyl (C=O) groups is 1. The van der Waals surface area contributed by atoms with Gasteiger partial charge in [0.2, 0.25) is 0 Å². The molecule has 0 radical (unpaired) electrons. The lowest BCUT2D eigenvalue weighted by Gasteiger charge is -2.11. The van der Waals surface area contributed by atoms with Crippen molar-refractivity contribution in [2.75, 3.05) is 10.6 Å². The number of amides is 2. The van der Waals surface area contributed by atoms with Gasteiger partial charge in [-0.3, -0.25) is 0 Å². The molecular formula is C16H17ClN2O. The first kappa shape index (κ1) is 14.4. The van der Waals surface area contributed by atoms with Crippen molar-refractivity contribution in [3.8, 4) is 0 Å². The molecule has 104 valence electrons. The number of rotatable bonds is 2. The van der Waals surface area contributed by atoms with Crippen LogP contribution >= 0.6 is 11.6 Å². The number of hydrogen-bond acceptors (Lipinski definition) is 1. The van der Waals surface area contributed by atoms with Crippen LogP contribution in [-0.4, -0.2) is 6.03 Å². The van der Waals surface area contributed by atoms with Crippen LogP contribution in [0.25, 0.3) is 0 Å². The van der Waals surface area contributed by atoms with Crippen LogP contribution in [-0.2, 0) is 0 Å². The summed E-state index contributed by atoms with van der Waals surface area (Å²) in [5.41, 5.74) is 4.64. The highest BCUT2D eigenvalue weighted by atomic mass is 35.5. The maximum absolute atomic E-state index is 11.9. The molecule has 2 aromatic rings. The molecule has 3 nitrogen and oxygen atoms in total. The molecule has 0 saturated carbocycles. The molecule has 0 aliphatic rings. The summed E-state index contributed by atoms with van der Waals surface area (Å²) < 4.78 is 0. The van der Waals surface area contributed by atoms with Gasteiger partial charge in [-0.25, -0.2) is 4.79 Å². The number of benzene rings is 2. The SMILES string of the molecule is Cc1ccc(NC(=O)Nc2ccc(C)c(Cl)c2)c(C)c1. The number of aryl methyl sites for hydroxylation is 3. The Morgan fingerprint density at radius 1 is 0.950 bits per heavy atom. The molecule has 0 saturated heterocycles. The smallest absolute Gasteiger partial charge is 0.308 e. The largest absolute Gasteiger partial charge is 0.323 e. The van der Waals surface area contributed by atoms with Gasteiger partial charge < -0.3 is 10.6 Å². The zero-order valence-electron chi connectivity index (χ0n) is 11.8. The summed E-state index contributed by atoms with van der Waals surface area (Å²) in [7, 11) is 0. The van der Waals surface area contributed by atoms with Crippen LogP contribution in [0.1, 0.15) is 16.7 Å². The summed E-state index contributed by atoms with van der Waals surface area (Å²) in [6.45, 7) is 5.90. The number of carbonyl (C=O) groups excluding carboxylic acids is 1. The molecule has 0 fully saturated rings. The van der Waals surface area contributed by atoms with E-state index in [0.29, 0.717) is 10.7 Å². The van der Waals surface area contributed by atoms with E-state index in [1.54, 1.807) is 6.07 Å². The second kappa shape index (κ2) is 5.97. The predicted octanol–water partition coefficient (Wildman–Crippen LogP) is 4.91. The first-order chi connectivity index (χ1) is 9.45. The molecule has 0 atom stereocenters. The Bertz CT molecular complexity index is 653. The number of urea groups is 1. The minimum Gasteiger partial charge on any atom is -0.308 e. The molecule has 2 rings (SSSR count). The highest BCUT2D eigenvalue weighted by molar-refractivity contribution is 6.31. The van der Waals surface area contributed by atoms with Crippen LogP contribution in [0, 0.1) is 20.8 Å². The Hall–Kier alpha value is -2.00. The third-order valence-corrected chi connectivity index (χ3v) is 3.47. The van der Waals surface area contributed by atoms with Crippen LogP contribution in [0.5, 0.6) is 0 Å². The van der Waals surface area contributed by atoms with E-state index in [2.05, 4.69) is 10.6 Å². The molecular weight excluding hydrogens is 272 g/mol. The van der Waals surface area contributed by atoms with Crippen LogP contribution in [0.3, 0.4) is 0 Å². The van der Waals surface area contributed by atoms with Gasteiger partial charge in [-0.15, -0.1) is 0 Å². The molecule has 2 amide bonds. The lowest BCUT2D eigenvalue weighted by molar-refractivity contribution is 0.262. The fraction of sp³-hybridized carbons (Fsp3) is 0.188. The third kappa shape index (κ3) is 3.52. The third-order valence-electron chi connectivity index (χ3n) is 3.06. The Morgan fingerprint density at radius 3 is 2.35 bits per heavy atom. The molecule has 20 heavy (non-hydrogen) atoms. The molecule has 0 heterocycles. The van der Waals surface area contributed by atoms with Gasteiger partial charge in [0, 0.05) is 16.4 Å². The number of halogens is 1. The van der Waals surface area contributed by atoms with Crippen molar-refractivity contribution >= 4 is 29.0 Å². The second-order valence-corrected chi connectivity index (χ2v) is 5.27. The Morgan fingerprint density at radius 2 is 1.70 bits per heavy atom. The number of anilines is 2. The topological polar surface area (TPSA) is 41.1 Å².